The molecule has 0 saturated carbocycles. The van der Waals surface area contributed by atoms with E-state index in [-0.39, 0.29) is 5.91 Å². The minimum Gasteiger partial charge on any atom is -0.352 e. The minimum absolute atomic E-state index is 0.0436. The molecule has 0 aliphatic rings. The molecule has 1 amide bonds. The highest BCUT2D eigenvalue weighted by Crippen LogP contribution is 2.06. The Hall–Kier alpha value is -2.61. The Balaban J connectivity index is 1.89. The predicted octanol–water partition coefficient (Wildman–Crippen LogP) is 1.46. The van der Waals surface area contributed by atoms with Crippen LogP contribution < -0.4 is 5.32 Å². The van der Waals surface area contributed by atoms with Gasteiger partial charge in [0.2, 0.25) is 5.91 Å². The average molecular weight is 268 g/mol. The summed E-state index contributed by atoms with van der Waals surface area (Å²) < 4.78 is 1.73. The molecule has 0 spiro atoms. The summed E-state index contributed by atoms with van der Waals surface area (Å²) in [6, 6.07) is 9.08. The van der Waals surface area contributed by atoms with Gasteiger partial charge >= 0.3 is 0 Å². The van der Waals surface area contributed by atoms with Gasteiger partial charge in [0, 0.05) is 25.4 Å². The van der Waals surface area contributed by atoms with E-state index in [0.29, 0.717) is 18.5 Å². The highest BCUT2D eigenvalue weighted by Gasteiger charge is 2.06. The first kappa shape index (κ1) is 13.8. The Morgan fingerprint density at radius 1 is 1.40 bits per heavy atom. The van der Waals surface area contributed by atoms with Crippen LogP contribution in [0.15, 0.2) is 30.5 Å². The van der Waals surface area contributed by atoms with Crippen LogP contribution in [0.4, 0.5) is 0 Å². The number of carbonyl (C=O) groups excluding carboxylic acids is 1. The first-order valence-corrected chi connectivity index (χ1v) is 6.33. The van der Waals surface area contributed by atoms with Crippen LogP contribution in [0.5, 0.6) is 0 Å². The van der Waals surface area contributed by atoms with Crippen LogP contribution in [0.25, 0.3) is 0 Å². The Labute approximate surface area is 117 Å². The Bertz CT molecular complexity index is 650. The summed E-state index contributed by atoms with van der Waals surface area (Å²) >= 11 is 0. The van der Waals surface area contributed by atoms with Gasteiger partial charge < -0.3 is 5.32 Å². The van der Waals surface area contributed by atoms with E-state index < -0.39 is 0 Å². The number of rotatable bonds is 4. The molecule has 0 saturated heterocycles. The fourth-order valence-corrected chi connectivity index (χ4v) is 1.96. The van der Waals surface area contributed by atoms with E-state index in [1.165, 1.54) is 0 Å². The van der Waals surface area contributed by atoms with Crippen molar-refractivity contribution in [2.45, 2.75) is 19.9 Å². The third-order valence-corrected chi connectivity index (χ3v) is 3.04. The SMILES string of the molecule is Cc1nn(C)cc1CNC(=O)Cc1ccc(C#N)cc1. The number of carbonyl (C=O) groups is 1. The van der Waals surface area contributed by atoms with Gasteiger partial charge in [-0.3, -0.25) is 9.48 Å². The Kier molecular flexibility index (Phi) is 4.16. The van der Waals surface area contributed by atoms with Crippen molar-refractivity contribution in [2.24, 2.45) is 7.05 Å². The molecule has 0 bridgehead atoms. The maximum absolute atomic E-state index is 11.9. The van der Waals surface area contributed by atoms with Crippen LogP contribution >= 0.6 is 0 Å². The number of aromatic nitrogens is 2. The highest BCUT2D eigenvalue weighted by atomic mass is 16.1. The number of hydrogen-bond donors (Lipinski definition) is 1. The molecule has 0 aliphatic carbocycles. The summed E-state index contributed by atoms with van der Waals surface area (Å²) in [6.45, 7) is 2.40. The topological polar surface area (TPSA) is 70.7 Å². The molecule has 102 valence electrons. The van der Waals surface area contributed by atoms with Gasteiger partial charge in [0.1, 0.15) is 0 Å². The number of nitrogens with one attached hydrogen (secondary N) is 1. The van der Waals surface area contributed by atoms with Crippen molar-refractivity contribution >= 4 is 5.91 Å². The monoisotopic (exact) mass is 268 g/mol. The molecule has 2 aromatic rings. The first-order valence-electron chi connectivity index (χ1n) is 6.33. The van der Waals surface area contributed by atoms with Gasteiger partial charge in [-0.15, -0.1) is 0 Å². The molecule has 0 atom stereocenters. The molecular weight excluding hydrogens is 252 g/mol. The maximum Gasteiger partial charge on any atom is 0.224 e. The zero-order valence-electron chi connectivity index (χ0n) is 11.6. The van der Waals surface area contributed by atoms with Crippen molar-refractivity contribution in [1.29, 1.82) is 5.26 Å². The molecule has 1 N–H and O–H groups in total. The first-order chi connectivity index (χ1) is 9.58. The van der Waals surface area contributed by atoms with E-state index in [0.717, 1.165) is 16.8 Å². The summed E-state index contributed by atoms with van der Waals surface area (Å²) in [6.07, 6.45) is 2.21. The Morgan fingerprint density at radius 3 is 2.65 bits per heavy atom. The molecule has 1 aromatic heterocycles. The molecule has 20 heavy (non-hydrogen) atoms. The standard InChI is InChI=1S/C15H16N4O/c1-11-14(10-19(2)18-11)9-17-15(20)7-12-3-5-13(8-16)6-4-12/h3-6,10H,7,9H2,1-2H3,(H,17,20). The predicted molar refractivity (Wildman–Crippen MR) is 74.7 cm³/mol. The second-order valence-corrected chi connectivity index (χ2v) is 4.68. The lowest BCUT2D eigenvalue weighted by Gasteiger charge is -2.04. The van der Waals surface area contributed by atoms with Gasteiger partial charge in [-0.25, -0.2) is 0 Å². The fourth-order valence-electron chi connectivity index (χ4n) is 1.96. The van der Waals surface area contributed by atoms with Crippen LogP contribution in [0.3, 0.4) is 0 Å². The molecule has 2 rings (SSSR count). The van der Waals surface area contributed by atoms with Crippen molar-refractivity contribution in [3.8, 4) is 6.07 Å². The van der Waals surface area contributed by atoms with Crippen molar-refractivity contribution in [2.75, 3.05) is 0 Å². The summed E-state index contributed by atoms with van der Waals surface area (Å²) in [4.78, 5) is 11.9. The van der Waals surface area contributed by atoms with Crippen molar-refractivity contribution in [1.82, 2.24) is 15.1 Å². The lowest BCUT2D eigenvalue weighted by Crippen LogP contribution is -2.24. The third kappa shape index (κ3) is 3.45. The molecule has 0 fully saturated rings. The average Bonchev–Trinajstić information content (AvgIpc) is 2.75. The van der Waals surface area contributed by atoms with Crippen LogP contribution in [0.1, 0.15) is 22.4 Å². The van der Waals surface area contributed by atoms with E-state index in [1.807, 2.05) is 20.2 Å². The van der Waals surface area contributed by atoms with E-state index in [4.69, 9.17) is 5.26 Å². The number of aryl methyl sites for hydroxylation is 2. The molecule has 0 radical (unpaired) electrons. The van der Waals surface area contributed by atoms with Gasteiger partial charge in [-0.05, 0) is 24.6 Å². The van der Waals surface area contributed by atoms with Gasteiger partial charge in [0.25, 0.3) is 0 Å². The number of nitrogens with zero attached hydrogens (tertiary/aromatic N) is 3. The lowest BCUT2D eigenvalue weighted by atomic mass is 10.1. The minimum atomic E-state index is -0.0436. The summed E-state index contributed by atoms with van der Waals surface area (Å²) in [7, 11) is 1.86. The molecule has 5 nitrogen and oxygen atoms in total. The maximum atomic E-state index is 11.9. The van der Waals surface area contributed by atoms with Crippen molar-refractivity contribution < 1.29 is 4.79 Å². The van der Waals surface area contributed by atoms with Gasteiger partial charge in [0.15, 0.2) is 0 Å². The normalized spacial score (nSPS) is 10.1. The lowest BCUT2D eigenvalue weighted by molar-refractivity contribution is -0.120. The molecule has 0 unspecified atom stereocenters. The molecule has 1 aromatic carbocycles. The summed E-state index contributed by atoms with van der Waals surface area (Å²) in [5.74, 6) is -0.0436. The Morgan fingerprint density at radius 2 is 2.10 bits per heavy atom. The summed E-state index contributed by atoms with van der Waals surface area (Å²) in [5.41, 5.74) is 3.43. The zero-order chi connectivity index (χ0) is 14.5. The highest BCUT2D eigenvalue weighted by molar-refractivity contribution is 5.78. The van der Waals surface area contributed by atoms with Crippen LogP contribution in [0, 0.1) is 18.3 Å². The van der Waals surface area contributed by atoms with Crippen LogP contribution in [0.2, 0.25) is 0 Å². The van der Waals surface area contributed by atoms with Gasteiger partial charge in [-0.1, -0.05) is 12.1 Å². The van der Waals surface area contributed by atoms with Gasteiger partial charge in [0.05, 0.1) is 23.7 Å². The van der Waals surface area contributed by atoms with E-state index in [9.17, 15) is 4.79 Å². The smallest absolute Gasteiger partial charge is 0.224 e. The molecule has 5 heteroatoms. The molecule has 0 aliphatic heterocycles. The van der Waals surface area contributed by atoms with Crippen molar-refractivity contribution in [3.05, 3.63) is 52.8 Å². The zero-order valence-corrected chi connectivity index (χ0v) is 11.6. The number of hydrogen-bond acceptors (Lipinski definition) is 3. The molecular formula is C15H16N4O. The van der Waals surface area contributed by atoms with Crippen LogP contribution in [-0.2, 0) is 24.8 Å². The second-order valence-electron chi connectivity index (χ2n) is 4.68. The number of amides is 1. The largest absolute Gasteiger partial charge is 0.352 e. The fraction of sp³-hybridized carbons (Fsp3) is 0.267. The van der Waals surface area contributed by atoms with E-state index in [2.05, 4.69) is 16.5 Å². The van der Waals surface area contributed by atoms with E-state index >= 15 is 0 Å². The third-order valence-electron chi connectivity index (χ3n) is 3.04. The van der Waals surface area contributed by atoms with Gasteiger partial charge in [-0.2, -0.15) is 10.4 Å². The van der Waals surface area contributed by atoms with Crippen LogP contribution in [-0.4, -0.2) is 15.7 Å². The summed E-state index contributed by atoms with van der Waals surface area (Å²) in [5, 5.41) is 15.8. The second kappa shape index (κ2) is 6.02. The number of benzene rings is 1. The molecule has 1 heterocycles. The van der Waals surface area contributed by atoms with E-state index in [1.54, 1.807) is 28.9 Å². The quantitative estimate of drug-likeness (QED) is 0.912. The van der Waals surface area contributed by atoms with Crippen molar-refractivity contribution in [3.63, 3.8) is 0 Å². The number of nitriles is 1.